The molecule has 1 aliphatic heterocycles. The Balaban J connectivity index is 1.95. The van der Waals surface area contributed by atoms with Crippen LogP contribution < -0.4 is 5.73 Å². The van der Waals surface area contributed by atoms with Crippen molar-refractivity contribution in [3.63, 3.8) is 0 Å². The Morgan fingerprint density at radius 1 is 1.33 bits per heavy atom. The van der Waals surface area contributed by atoms with Gasteiger partial charge in [0.1, 0.15) is 0 Å². The average Bonchev–Trinajstić information content (AvgIpc) is 2.46. The van der Waals surface area contributed by atoms with Crippen LogP contribution in [0.25, 0.3) is 0 Å². The Morgan fingerprint density at radius 2 is 2.00 bits per heavy atom. The zero-order valence-electron chi connectivity index (χ0n) is 11.5. The lowest BCUT2D eigenvalue weighted by Crippen LogP contribution is -2.38. The van der Waals surface area contributed by atoms with Crippen LogP contribution in [0.5, 0.6) is 0 Å². The molecule has 1 fully saturated rings. The maximum Gasteiger partial charge on any atom is 0.391 e. The van der Waals surface area contributed by atoms with E-state index in [1.54, 1.807) is 18.2 Å². The second kappa shape index (κ2) is 6.34. The zero-order valence-corrected chi connectivity index (χ0v) is 11.5. The normalized spacial score (nSPS) is 18.9. The molecule has 0 aliphatic carbocycles. The summed E-state index contributed by atoms with van der Waals surface area (Å²) in [5.41, 5.74) is 7.06. The van der Waals surface area contributed by atoms with Gasteiger partial charge in [0, 0.05) is 12.1 Å². The van der Waals surface area contributed by atoms with Crippen molar-refractivity contribution in [1.82, 2.24) is 4.90 Å². The molecule has 0 amide bonds. The van der Waals surface area contributed by atoms with Gasteiger partial charge >= 0.3 is 6.18 Å². The molecule has 0 spiro atoms. The topological polar surface area (TPSA) is 61.9 Å². The van der Waals surface area contributed by atoms with Crippen LogP contribution in [0.4, 0.5) is 13.2 Å². The number of alkyl halides is 3. The Bertz CT molecular complexity index is 508. The van der Waals surface area contributed by atoms with Gasteiger partial charge in [-0.3, -0.25) is 4.90 Å². The van der Waals surface area contributed by atoms with Gasteiger partial charge < -0.3 is 10.9 Å². The molecule has 1 aliphatic rings. The first-order chi connectivity index (χ1) is 9.90. The number of benzene rings is 1. The van der Waals surface area contributed by atoms with Crippen LogP contribution >= 0.6 is 0 Å². The van der Waals surface area contributed by atoms with Crippen molar-refractivity contribution in [2.75, 3.05) is 13.1 Å². The monoisotopic (exact) mass is 301 g/mol. The van der Waals surface area contributed by atoms with E-state index < -0.39 is 12.1 Å². The van der Waals surface area contributed by atoms with Gasteiger partial charge in [-0.05, 0) is 37.6 Å². The molecule has 2 rings (SSSR count). The third-order valence-electron chi connectivity index (χ3n) is 3.79. The quantitative estimate of drug-likeness (QED) is 0.390. The number of oxime groups is 1. The summed E-state index contributed by atoms with van der Waals surface area (Å²) in [6.45, 7) is 1.42. The van der Waals surface area contributed by atoms with E-state index in [2.05, 4.69) is 5.16 Å². The molecule has 0 unspecified atom stereocenters. The number of piperidine rings is 1. The van der Waals surface area contributed by atoms with Gasteiger partial charge in [-0.15, -0.1) is 0 Å². The van der Waals surface area contributed by atoms with E-state index in [9.17, 15) is 13.2 Å². The fourth-order valence-corrected chi connectivity index (χ4v) is 2.56. The molecule has 3 N–H and O–H groups in total. The first-order valence-electron chi connectivity index (χ1n) is 6.76. The number of nitrogens with zero attached hydrogens (tertiary/aromatic N) is 2. The van der Waals surface area contributed by atoms with Crippen molar-refractivity contribution < 1.29 is 18.4 Å². The Morgan fingerprint density at radius 3 is 2.57 bits per heavy atom. The zero-order chi connectivity index (χ0) is 15.5. The van der Waals surface area contributed by atoms with Gasteiger partial charge in [-0.2, -0.15) is 13.2 Å². The minimum Gasteiger partial charge on any atom is -0.409 e. The highest BCUT2D eigenvalue weighted by Gasteiger charge is 2.40. The fraction of sp³-hybridized carbons (Fsp3) is 0.500. The molecular formula is C14H18F3N3O. The lowest BCUT2D eigenvalue weighted by atomic mass is 9.96. The fourth-order valence-electron chi connectivity index (χ4n) is 2.56. The van der Waals surface area contributed by atoms with Crippen LogP contribution in [0, 0.1) is 5.92 Å². The van der Waals surface area contributed by atoms with E-state index in [0.29, 0.717) is 25.2 Å². The number of rotatable bonds is 3. The molecule has 0 bridgehead atoms. The number of hydrogen-bond donors (Lipinski definition) is 2. The van der Waals surface area contributed by atoms with Crippen LogP contribution in [0.3, 0.4) is 0 Å². The average molecular weight is 301 g/mol. The maximum absolute atomic E-state index is 12.6. The van der Waals surface area contributed by atoms with Crippen LogP contribution in [-0.4, -0.2) is 35.2 Å². The van der Waals surface area contributed by atoms with Crippen LogP contribution in [-0.2, 0) is 6.54 Å². The van der Waals surface area contributed by atoms with E-state index >= 15 is 0 Å². The highest BCUT2D eigenvalue weighted by Crippen LogP contribution is 2.34. The molecule has 0 atom stereocenters. The van der Waals surface area contributed by atoms with E-state index in [1.165, 1.54) is 0 Å². The van der Waals surface area contributed by atoms with Crippen molar-refractivity contribution >= 4 is 5.84 Å². The number of nitrogens with two attached hydrogens (primary N) is 1. The van der Waals surface area contributed by atoms with E-state index in [-0.39, 0.29) is 18.7 Å². The van der Waals surface area contributed by atoms with Gasteiger partial charge in [-0.1, -0.05) is 23.4 Å². The predicted octanol–water partition coefficient (Wildman–Crippen LogP) is 2.56. The first kappa shape index (κ1) is 15.6. The van der Waals surface area contributed by atoms with Gasteiger partial charge in [0.05, 0.1) is 5.92 Å². The van der Waals surface area contributed by atoms with Crippen molar-refractivity contribution in [2.45, 2.75) is 25.6 Å². The second-order valence-electron chi connectivity index (χ2n) is 5.28. The lowest BCUT2D eigenvalue weighted by Gasteiger charge is -2.32. The summed E-state index contributed by atoms with van der Waals surface area (Å²) in [5.74, 6) is -1.16. The highest BCUT2D eigenvalue weighted by atomic mass is 19.4. The second-order valence-corrected chi connectivity index (χ2v) is 5.28. The molecule has 1 saturated heterocycles. The minimum absolute atomic E-state index is 0.0210. The molecular weight excluding hydrogens is 283 g/mol. The molecule has 1 aromatic carbocycles. The summed E-state index contributed by atoms with van der Waals surface area (Å²) in [4.78, 5) is 1.99. The Kier molecular flexibility index (Phi) is 4.72. The Labute approximate surface area is 121 Å². The van der Waals surface area contributed by atoms with Crippen molar-refractivity contribution in [2.24, 2.45) is 16.8 Å². The highest BCUT2D eigenvalue weighted by molar-refractivity contribution is 5.97. The molecule has 1 aromatic rings. The van der Waals surface area contributed by atoms with Crippen molar-refractivity contribution in [1.29, 1.82) is 0 Å². The summed E-state index contributed by atoms with van der Waals surface area (Å²) >= 11 is 0. The molecule has 0 saturated carbocycles. The van der Waals surface area contributed by atoms with Crippen LogP contribution in [0.15, 0.2) is 29.4 Å². The molecule has 21 heavy (non-hydrogen) atoms. The largest absolute Gasteiger partial charge is 0.409 e. The summed E-state index contributed by atoms with van der Waals surface area (Å²) < 4.78 is 37.8. The number of hydrogen-bond acceptors (Lipinski definition) is 3. The predicted molar refractivity (Wildman–Crippen MR) is 73.0 cm³/mol. The minimum atomic E-state index is -4.09. The van der Waals surface area contributed by atoms with Gasteiger partial charge in [-0.25, -0.2) is 0 Å². The molecule has 0 radical (unpaired) electrons. The van der Waals surface area contributed by atoms with E-state index in [4.69, 9.17) is 10.9 Å². The molecule has 0 aromatic heterocycles. The van der Waals surface area contributed by atoms with Crippen molar-refractivity contribution in [3.05, 3.63) is 35.4 Å². The number of halogens is 3. The van der Waals surface area contributed by atoms with Gasteiger partial charge in [0.25, 0.3) is 0 Å². The standard InChI is InChI=1S/C14H18F3N3O/c15-14(16,17)12-4-6-20(7-5-12)9-10-2-1-3-11(8-10)13(18)19-21/h1-3,8,12,21H,4-7,9H2,(H2,18,19). The third kappa shape index (κ3) is 4.10. The SMILES string of the molecule is NC(=NO)c1cccc(CN2CCC(C(F)(F)F)CC2)c1. The van der Waals surface area contributed by atoms with E-state index in [0.717, 1.165) is 5.56 Å². The van der Waals surface area contributed by atoms with E-state index in [1.807, 2.05) is 11.0 Å². The summed E-state index contributed by atoms with van der Waals surface area (Å²) in [6, 6.07) is 7.16. The lowest BCUT2D eigenvalue weighted by molar-refractivity contribution is -0.185. The van der Waals surface area contributed by atoms with Gasteiger partial charge in [0.15, 0.2) is 5.84 Å². The summed E-state index contributed by atoms with van der Waals surface area (Å²) in [6.07, 6.45) is -3.80. The first-order valence-corrected chi connectivity index (χ1v) is 6.76. The smallest absolute Gasteiger partial charge is 0.391 e. The maximum atomic E-state index is 12.6. The summed E-state index contributed by atoms with van der Waals surface area (Å²) in [7, 11) is 0. The molecule has 4 nitrogen and oxygen atoms in total. The van der Waals surface area contributed by atoms with Crippen molar-refractivity contribution in [3.8, 4) is 0 Å². The van der Waals surface area contributed by atoms with Crippen LogP contribution in [0.1, 0.15) is 24.0 Å². The summed E-state index contributed by atoms with van der Waals surface area (Å²) in [5, 5.41) is 11.6. The third-order valence-corrected chi connectivity index (χ3v) is 3.79. The number of likely N-dealkylation sites (tertiary alicyclic amines) is 1. The molecule has 1 heterocycles. The van der Waals surface area contributed by atoms with Gasteiger partial charge in [0.2, 0.25) is 0 Å². The number of amidine groups is 1. The Hall–Kier alpha value is -1.76. The molecule has 7 heteroatoms. The van der Waals surface area contributed by atoms with Crippen LogP contribution in [0.2, 0.25) is 0 Å². The molecule has 116 valence electrons.